The van der Waals surface area contributed by atoms with Crippen LogP contribution in [0.15, 0.2) is 28.7 Å². The summed E-state index contributed by atoms with van der Waals surface area (Å²) in [4.78, 5) is 12.1. The summed E-state index contributed by atoms with van der Waals surface area (Å²) >= 11 is 3.40. The Kier molecular flexibility index (Phi) is 4.79. The lowest BCUT2D eigenvalue weighted by atomic mass is 9.75. The van der Waals surface area contributed by atoms with Crippen LogP contribution in [0.25, 0.3) is 0 Å². The lowest BCUT2D eigenvalue weighted by Crippen LogP contribution is -2.36. The van der Waals surface area contributed by atoms with Gasteiger partial charge in [-0.25, -0.2) is 0 Å². The van der Waals surface area contributed by atoms with Gasteiger partial charge in [-0.05, 0) is 64.2 Å². The Morgan fingerprint density at radius 1 is 1.24 bits per heavy atom. The van der Waals surface area contributed by atoms with Gasteiger partial charge < -0.3 is 9.84 Å². The second-order valence-electron chi connectivity index (χ2n) is 6.85. The molecule has 1 fully saturated rings. The van der Waals surface area contributed by atoms with E-state index in [1.807, 2.05) is 45.0 Å². The zero-order chi connectivity index (χ0) is 15.7. The highest BCUT2D eigenvalue weighted by molar-refractivity contribution is 9.10. The van der Waals surface area contributed by atoms with Crippen molar-refractivity contribution in [2.45, 2.75) is 57.7 Å². The van der Waals surface area contributed by atoms with Crippen LogP contribution in [0.4, 0.5) is 0 Å². The molecule has 0 radical (unpaired) electrons. The van der Waals surface area contributed by atoms with Crippen LogP contribution in [-0.2, 0) is 15.1 Å². The van der Waals surface area contributed by atoms with E-state index >= 15 is 0 Å². The first-order valence-electron chi connectivity index (χ1n) is 7.41. The molecule has 116 valence electrons. The Bertz CT molecular complexity index is 494. The molecule has 0 saturated heterocycles. The summed E-state index contributed by atoms with van der Waals surface area (Å²) in [5, 5.41) is 10.8. The zero-order valence-electron chi connectivity index (χ0n) is 12.9. The third-order valence-corrected chi connectivity index (χ3v) is 4.46. The number of esters is 1. The maximum absolute atomic E-state index is 12.1. The molecule has 1 aliphatic rings. The summed E-state index contributed by atoms with van der Waals surface area (Å²) in [7, 11) is 0. The van der Waals surface area contributed by atoms with Crippen LogP contribution in [0.2, 0.25) is 0 Å². The Hall–Kier alpha value is -0.870. The van der Waals surface area contributed by atoms with Crippen molar-refractivity contribution in [1.29, 1.82) is 0 Å². The van der Waals surface area contributed by atoms with Crippen molar-refractivity contribution < 1.29 is 14.6 Å². The van der Waals surface area contributed by atoms with Crippen molar-refractivity contribution in [2.24, 2.45) is 5.92 Å². The quantitative estimate of drug-likeness (QED) is 0.810. The van der Waals surface area contributed by atoms with E-state index in [0.717, 1.165) is 10.0 Å². The molecule has 0 unspecified atom stereocenters. The van der Waals surface area contributed by atoms with Crippen LogP contribution in [-0.4, -0.2) is 16.7 Å². The van der Waals surface area contributed by atoms with Crippen molar-refractivity contribution in [3.8, 4) is 0 Å². The first kappa shape index (κ1) is 16.5. The van der Waals surface area contributed by atoms with E-state index in [1.54, 1.807) is 0 Å². The summed E-state index contributed by atoms with van der Waals surface area (Å²) in [6, 6.07) is 7.76. The molecular weight excluding hydrogens is 332 g/mol. The predicted molar refractivity (Wildman–Crippen MR) is 85.8 cm³/mol. The molecule has 0 bridgehead atoms. The van der Waals surface area contributed by atoms with Gasteiger partial charge in [0, 0.05) is 4.47 Å². The average molecular weight is 355 g/mol. The van der Waals surface area contributed by atoms with Gasteiger partial charge >= 0.3 is 5.97 Å². The van der Waals surface area contributed by atoms with Crippen LogP contribution in [0, 0.1) is 5.92 Å². The normalized spacial score (nSPS) is 26.4. The van der Waals surface area contributed by atoms with Crippen LogP contribution in [0.1, 0.15) is 52.0 Å². The van der Waals surface area contributed by atoms with E-state index in [1.165, 1.54) is 0 Å². The molecule has 0 heterocycles. The summed E-state index contributed by atoms with van der Waals surface area (Å²) in [5.74, 6) is -0.236. The van der Waals surface area contributed by atoms with Gasteiger partial charge in [-0.1, -0.05) is 28.1 Å². The van der Waals surface area contributed by atoms with Crippen molar-refractivity contribution in [3.63, 3.8) is 0 Å². The Labute approximate surface area is 134 Å². The SMILES string of the molecule is CC(C)(C)OC(=O)[C@H]1CC[C@@](O)(c2ccc(Br)cc2)CC1. The summed E-state index contributed by atoms with van der Waals surface area (Å²) in [6.45, 7) is 5.64. The number of aliphatic hydroxyl groups is 1. The maximum Gasteiger partial charge on any atom is 0.309 e. The topological polar surface area (TPSA) is 46.5 Å². The average Bonchev–Trinajstić information content (AvgIpc) is 2.38. The highest BCUT2D eigenvalue weighted by atomic mass is 79.9. The minimum atomic E-state index is -0.820. The van der Waals surface area contributed by atoms with Crippen LogP contribution in [0.3, 0.4) is 0 Å². The van der Waals surface area contributed by atoms with Crippen LogP contribution in [0.5, 0.6) is 0 Å². The number of carbonyl (C=O) groups excluding carboxylic acids is 1. The van der Waals surface area contributed by atoms with E-state index in [2.05, 4.69) is 15.9 Å². The van der Waals surface area contributed by atoms with Gasteiger partial charge in [-0.3, -0.25) is 4.79 Å². The van der Waals surface area contributed by atoms with Gasteiger partial charge in [0.1, 0.15) is 5.60 Å². The van der Waals surface area contributed by atoms with Crippen molar-refractivity contribution in [2.75, 3.05) is 0 Å². The van der Waals surface area contributed by atoms with Gasteiger partial charge in [-0.2, -0.15) is 0 Å². The molecule has 3 nitrogen and oxygen atoms in total. The van der Waals surface area contributed by atoms with Crippen molar-refractivity contribution in [1.82, 2.24) is 0 Å². The standard InChI is InChI=1S/C17H23BrO3/c1-16(2,3)21-15(19)12-8-10-17(20,11-9-12)13-4-6-14(18)7-5-13/h4-7,12,20H,8-11H2,1-3H3/t12-,17-. The third kappa shape index (κ3) is 4.30. The van der Waals surface area contributed by atoms with Gasteiger partial charge in [0.15, 0.2) is 0 Å². The summed E-state index contributed by atoms with van der Waals surface area (Å²) in [6.07, 6.45) is 2.53. The highest BCUT2D eigenvalue weighted by Crippen LogP contribution is 2.40. The number of rotatable bonds is 2. The van der Waals surface area contributed by atoms with Crippen molar-refractivity contribution in [3.05, 3.63) is 34.3 Å². The predicted octanol–water partition coefficient (Wildman–Crippen LogP) is 4.17. The Balaban J connectivity index is 1.99. The number of halogens is 1. The molecule has 21 heavy (non-hydrogen) atoms. The number of ether oxygens (including phenoxy) is 1. The van der Waals surface area contributed by atoms with Gasteiger partial charge in [-0.15, -0.1) is 0 Å². The number of hydrogen-bond donors (Lipinski definition) is 1. The van der Waals surface area contributed by atoms with E-state index in [4.69, 9.17) is 4.74 Å². The summed E-state index contributed by atoms with van der Waals surface area (Å²) in [5.41, 5.74) is -0.344. The fourth-order valence-electron chi connectivity index (χ4n) is 2.76. The van der Waals surface area contributed by atoms with E-state index in [-0.39, 0.29) is 11.9 Å². The largest absolute Gasteiger partial charge is 0.460 e. The lowest BCUT2D eigenvalue weighted by Gasteiger charge is -2.36. The maximum atomic E-state index is 12.1. The van der Waals surface area contributed by atoms with Crippen LogP contribution < -0.4 is 0 Å². The molecule has 0 spiro atoms. The number of benzene rings is 1. The fourth-order valence-corrected chi connectivity index (χ4v) is 3.03. The van der Waals surface area contributed by atoms with Gasteiger partial charge in [0.2, 0.25) is 0 Å². The minimum absolute atomic E-state index is 0.0973. The highest BCUT2D eigenvalue weighted by Gasteiger charge is 2.38. The third-order valence-electron chi connectivity index (χ3n) is 3.93. The monoisotopic (exact) mass is 354 g/mol. The molecule has 4 heteroatoms. The van der Waals surface area contributed by atoms with Gasteiger partial charge in [0.25, 0.3) is 0 Å². The van der Waals surface area contributed by atoms with E-state index in [0.29, 0.717) is 25.7 Å². The van der Waals surface area contributed by atoms with E-state index < -0.39 is 11.2 Å². The summed E-state index contributed by atoms with van der Waals surface area (Å²) < 4.78 is 6.44. The minimum Gasteiger partial charge on any atom is -0.460 e. The molecule has 2 rings (SSSR count). The first-order valence-corrected chi connectivity index (χ1v) is 8.20. The molecule has 0 aliphatic heterocycles. The number of hydrogen-bond acceptors (Lipinski definition) is 3. The molecule has 1 aromatic rings. The van der Waals surface area contributed by atoms with Crippen molar-refractivity contribution >= 4 is 21.9 Å². The van der Waals surface area contributed by atoms with Gasteiger partial charge in [0.05, 0.1) is 11.5 Å². The first-order chi connectivity index (χ1) is 9.70. The second kappa shape index (κ2) is 6.09. The molecule has 0 atom stereocenters. The molecule has 1 N–H and O–H groups in total. The van der Waals surface area contributed by atoms with Crippen LogP contribution >= 0.6 is 15.9 Å². The molecule has 1 saturated carbocycles. The molecular formula is C17H23BrO3. The molecule has 0 amide bonds. The second-order valence-corrected chi connectivity index (χ2v) is 7.76. The molecule has 1 aliphatic carbocycles. The lowest BCUT2D eigenvalue weighted by molar-refractivity contribution is -0.163. The zero-order valence-corrected chi connectivity index (χ0v) is 14.4. The number of carbonyl (C=O) groups is 1. The Morgan fingerprint density at radius 3 is 2.24 bits per heavy atom. The fraction of sp³-hybridized carbons (Fsp3) is 0.588. The smallest absolute Gasteiger partial charge is 0.309 e. The Morgan fingerprint density at radius 2 is 1.76 bits per heavy atom. The van der Waals surface area contributed by atoms with E-state index in [9.17, 15) is 9.90 Å². The molecule has 1 aromatic carbocycles. The molecule has 0 aromatic heterocycles.